The molecule has 0 aromatic carbocycles. The molecule has 60 valence electrons. The molecule has 0 bridgehead atoms. The summed E-state index contributed by atoms with van der Waals surface area (Å²) in [7, 11) is 0. The highest BCUT2D eigenvalue weighted by molar-refractivity contribution is 5.70. The summed E-state index contributed by atoms with van der Waals surface area (Å²) in [6.07, 6.45) is 0. The predicted octanol–water partition coefficient (Wildman–Crippen LogP) is 0.0906. The molecule has 0 aromatic heterocycles. The van der Waals surface area contributed by atoms with Crippen LogP contribution in [0.5, 0.6) is 0 Å². The van der Waals surface area contributed by atoms with Crippen molar-refractivity contribution in [2.75, 3.05) is 19.8 Å². The molecule has 10 heavy (non-hydrogen) atoms. The van der Waals surface area contributed by atoms with Gasteiger partial charge in [-0.3, -0.25) is 4.84 Å². The van der Waals surface area contributed by atoms with Crippen molar-refractivity contribution in [1.82, 2.24) is 5.48 Å². The van der Waals surface area contributed by atoms with Crippen molar-refractivity contribution in [3.63, 3.8) is 0 Å². The number of carbonyl (C=O) groups excluding carboxylic acids is 1. The molecule has 0 aromatic rings. The number of hydroxylamine groups is 1. The highest BCUT2D eigenvalue weighted by Gasteiger charge is 1.98. The van der Waals surface area contributed by atoms with Crippen molar-refractivity contribution in [2.45, 2.75) is 13.8 Å². The molecule has 0 fully saturated rings. The highest BCUT2D eigenvalue weighted by atomic mass is 16.7. The van der Waals surface area contributed by atoms with E-state index in [2.05, 4.69) is 15.1 Å². The summed E-state index contributed by atoms with van der Waals surface area (Å²) < 4.78 is 4.58. The van der Waals surface area contributed by atoms with E-state index in [1.54, 1.807) is 6.92 Å². The van der Waals surface area contributed by atoms with E-state index < -0.39 is 0 Å². The Balaban J connectivity index is 3.05. The van der Waals surface area contributed by atoms with E-state index in [0.717, 1.165) is 0 Å². The Kier molecular flexibility index (Phi) is 6.11. The molecule has 0 saturated heterocycles. The van der Waals surface area contributed by atoms with Crippen molar-refractivity contribution in [2.24, 2.45) is 0 Å². The lowest BCUT2D eigenvalue weighted by molar-refractivity contribution is -0.151. The highest BCUT2D eigenvalue weighted by Crippen LogP contribution is 1.77. The number of nitrogens with one attached hydrogen (secondary N) is 1. The minimum absolute atomic E-state index is 0.0261. The molecule has 0 amide bonds. The molecule has 0 heterocycles. The zero-order valence-electron chi connectivity index (χ0n) is 6.35. The minimum Gasteiger partial charge on any atom is -0.464 e. The Morgan fingerprint density at radius 1 is 1.50 bits per heavy atom. The first-order valence-corrected chi connectivity index (χ1v) is 3.31. The van der Waals surface area contributed by atoms with Crippen LogP contribution in [0.2, 0.25) is 0 Å². The van der Waals surface area contributed by atoms with Gasteiger partial charge in [-0.05, 0) is 6.92 Å². The van der Waals surface area contributed by atoms with Crippen LogP contribution in [0.4, 0.5) is 0 Å². The van der Waals surface area contributed by atoms with Gasteiger partial charge in [0.15, 0.2) is 6.61 Å². The molecule has 0 unspecified atom stereocenters. The van der Waals surface area contributed by atoms with Gasteiger partial charge in [0.05, 0.1) is 6.61 Å². The lowest BCUT2D eigenvalue weighted by Gasteiger charge is -2.01. The van der Waals surface area contributed by atoms with Crippen molar-refractivity contribution in [1.29, 1.82) is 0 Å². The van der Waals surface area contributed by atoms with Gasteiger partial charge in [-0.2, -0.15) is 0 Å². The van der Waals surface area contributed by atoms with Gasteiger partial charge in [-0.15, -0.1) is 0 Å². The summed E-state index contributed by atoms with van der Waals surface area (Å²) in [6, 6.07) is 0. The predicted molar refractivity (Wildman–Crippen MR) is 36.3 cm³/mol. The molecular weight excluding hydrogens is 134 g/mol. The fourth-order valence-corrected chi connectivity index (χ4v) is 0.415. The molecule has 4 nitrogen and oxygen atoms in total. The van der Waals surface area contributed by atoms with E-state index in [9.17, 15) is 4.79 Å². The largest absolute Gasteiger partial charge is 0.464 e. The number of hydrogen-bond acceptors (Lipinski definition) is 4. The van der Waals surface area contributed by atoms with Crippen LogP contribution in [0.25, 0.3) is 0 Å². The van der Waals surface area contributed by atoms with Crippen LogP contribution in [-0.2, 0) is 14.4 Å². The van der Waals surface area contributed by atoms with Crippen LogP contribution in [0.3, 0.4) is 0 Å². The summed E-state index contributed by atoms with van der Waals surface area (Å²) in [5.41, 5.74) is 2.54. The number of rotatable bonds is 5. The first kappa shape index (κ1) is 9.39. The van der Waals surface area contributed by atoms with E-state index in [4.69, 9.17) is 0 Å². The Bertz CT molecular complexity index is 95.0. The quantitative estimate of drug-likeness (QED) is 0.340. The Labute approximate surface area is 60.5 Å². The van der Waals surface area contributed by atoms with Crippen LogP contribution in [0, 0.1) is 0 Å². The van der Waals surface area contributed by atoms with Gasteiger partial charge >= 0.3 is 5.97 Å². The first-order valence-electron chi connectivity index (χ1n) is 3.31. The number of ether oxygens (including phenoxy) is 1. The molecule has 0 spiro atoms. The fraction of sp³-hybridized carbons (Fsp3) is 0.833. The average molecular weight is 147 g/mol. The molecule has 1 N–H and O–H groups in total. The summed E-state index contributed by atoms with van der Waals surface area (Å²) in [5, 5.41) is 0. The summed E-state index contributed by atoms with van der Waals surface area (Å²) in [6.45, 7) is 4.69. The molecule has 4 heteroatoms. The third-order valence-electron chi connectivity index (χ3n) is 0.742. The van der Waals surface area contributed by atoms with Crippen LogP contribution in [0.1, 0.15) is 13.8 Å². The smallest absolute Gasteiger partial charge is 0.334 e. The SMILES string of the molecule is CCNOCC(=O)OCC. The van der Waals surface area contributed by atoms with Crippen molar-refractivity contribution < 1.29 is 14.4 Å². The Morgan fingerprint density at radius 2 is 2.20 bits per heavy atom. The zero-order chi connectivity index (χ0) is 7.82. The second-order valence-corrected chi connectivity index (χ2v) is 1.59. The molecule has 0 atom stereocenters. The maximum Gasteiger partial charge on any atom is 0.334 e. The van der Waals surface area contributed by atoms with Crippen LogP contribution in [0.15, 0.2) is 0 Å². The van der Waals surface area contributed by atoms with Crippen LogP contribution >= 0.6 is 0 Å². The Morgan fingerprint density at radius 3 is 2.70 bits per heavy atom. The molecule has 0 saturated carbocycles. The van der Waals surface area contributed by atoms with Gasteiger partial charge in [-0.25, -0.2) is 10.3 Å². The van der Waals surface area contributed by atoms with E-state index in [0.29, 0.717) is 13.2 Å². The summed E-state index contributed by atoms with van der Waals surface area (Å²) >= 11 is 0. The first-order chi connectivity index (χ1) is 4.81. The topological polar surface area (TPSA) is 47.6 Å². The van der Waals surface area contributed by atoms with Gasteiger partial charge in [-0.1, -0.05) is 6.92 Å². The van der Waals surface area contributed by atoms with E-state index in [1.807, 2.05) is 6.92 Å². The lowest BCUT2D eigenvalue weighted by Crippen LogP contribution is -2.21. The van der Waals surface area contributed by atoms with Gasteiger partial charge in [0.25, 0.3) is 0 Å². The fourth-order valence-electron chi connectivity index (χ4n) is 0.415. The zero-order valence-corrected chi connectivity index (χ0v) is 6.35. The molecule has 0 aliphatic carbocycles. The molecule has 0 aliphatic rings. The summed E-state index contributed by atoms with van der Waals surface area (Å²) in [5.74, 6) is -0.344. The van der Waals surface area contributed by atoms with Gasteiger partial charge < -0.3 is 4.74 Å². The monoisotopic (exact) mass is 147 g/mol. The standard InChI is InChI=1S/C6H13NO3/c1-3-7-10-5-6(8)9-4-2/h7H,3-5H2,1-2H3. The number of esters is 1. The molecule has 0 aliphatic heterocycles. The van der Waals surface area contributed by atoms with E-state index in [1.165, 1.54) is 0 Å². The normalized spacial score (nSPS) is 9.40. The van der Waals surface area contributed by atoms with Crippen LogP contribution in [-0.4, -0.2) is 25.7 Å². The average Bonchev–Trinajstić information content (AvgIpc) is 1.89. The maximum atomic E-state index is 10.5. The summed E-state index contributed by atoms with van der Waals surface area (Å²) in [4.78, 5) is 15.2. The van der Waals surface area contributed by atoms with Crippen molar-refractivity contribution in [3.8, 4) is 0 Å². The minimum atomic E-state index is -0.344. The van der Waals surface area contributed by atoms with Gasteiger partial charge in [0.1, 0.15) is 0 Å². The van der Waals surface area contributed by atoms with E-state index >= 15 is 0 Å². The van der Waals surface area contributed by atoms with Crippen molar-refractivity contribution >= 4 is 5.97 Å². The number of hydrogen-bond donors (Lipinski definition) is 1. The lowest BCUT2D eigenvalue weighted by atomic mass is 10.7. The Hall–Kier alpha value is -0.610. The maximum absolute atomic E-state index is 10.5. The third kappa shape index (κ3) is 5.53. The van der Waals surface area contributed by atoms with Gasteiger partial charge in [0.2, 0.25) is 0 Å². The second-order valence-electron chi connectivity index (χ2n) is 1.59. The third-order valence-corrected chi connectivity index (χ3v) is 0.742. The van der Waals surface area contributed by atoms with Crippen molar-refractivity contribution in [3.05, 3.63) is 0 Å². The molecular formula is C6H13NO3. The molecule has 0 radical (unpaired) electrons. The van der Waals surface area contributed by atoms with Crippen LogP contribution < -0.4 is 5.48 Å². The second kappa shape index (κ2) is 6.51. The number of carbonyl (C=O) groups is 1. The van der Waals surface area contributed by atoms with Gasteiger partial charge in [0, 0.05) is 6.54 Å². The molecule has 0 rings (SSSR count). The van der Waals surface area contributed by atoms with E-state index in [-0.39, 0.29) is 12.6 Å².